The molecule has 114 valence electrons. The largest absolute Gasteiger partial charge is 0.379 e. The van der Waals surface area contributed by atoms with Gasteiger partial charge < -0.3 is 15.0 Å². The maximum Gasteiger partial charge on any atom is 0.258 e. The van der Waals surface area contributed by atoms with Crippen LogP contribution in [0.15, 0.2) is 35.3 Å². The Morgan fingerprint density at radius 3 is 3.00 bits per heavy atom. The molecule has 1 N–H and O–H groups in total. The molecular formula is C15H22N4O2. The van der Waals surface area contributed by atoms with Gasteiger partial charge in [-0.2, -0.15) is 0 Å². The SMILES string of the molecule is CN(C)CCOCCNCc1cc(=O)n2ccccc2n1. The molecule has 0 aliphatic heterocycles. The summed E-state index contributed by atoms with van der Waals surface area (Å²) in [6.45, 7) is 3.61. The van der Waals surface area contributed by atoms with Gasteiger partial charge in [-0.05, 0) is 26.2 Å². The van der Waals surface area contributed by atoms with Crippen LogP contribution >= 0.6 is 0 Å². The van der Waals surface area contributed by atoms with Gasteiger partial charge in [0, 0.05) is 31.9 Å². The van der Waals surface area contributed by atoms with Crippen molar-refractivity contribution in [1.82, 2.24) is 19.6 Å². The zero-order valence-corrected chi connectivity index (χ0v) is 12.6. The van der Waals surface area contributed by atoms with Gasteiger partial charge in [0.25, 0.3) is 5.56 Å². The number of nitrogens with one attached hydrogen (secondary N) is 1. The van der Waals surface area contributed by atoms with Gasteiger partial charge >= 0.3 is 0 Å². The third kappa shape index (κ3) is 4.93. The van der Waals surface area contributed by atoms with E-state index < -0.39 is 0 Å². The lowest BCUT2D eigenvalue weighted by atomic mass is 10.3. The molecule has 21 heavy (non-hydrogen) atoms. The maximum absolute atomic E-state index is 11.9. The summed E-state index contributed by atoms with van der Waals surface area (Å²) in [5, 5.41) is 3.23. The summed E-state index contributed by atoms with van der Waals surface area (Å²) in [7, 11) is 4.04. The standard InChI is InChI=1S/C15H22N4O2/c1-18(2)8-10-21-9-6-16-12-13-11-15(20)19-7-4-3-5-14(19)17-13/h3-5,7,11,16H,6,8-10,12H2,1-2H3. The summed E-state index contributed by atoms with van der Waals surface area (Å²) < 4.78 is 7.02. The average Bonchev–Trinajstić information content (AvgIpc) is 2.46. The van der Waals surface area contributed by atoms with Crippen LogP contribution in [0.1, 0.15) is 5.69 Å². The van der Waals surface area contributed by atoms with Crippen LogP contribution in [0.5, 0.6) is 0 Å². The van der Waals surface area contributed by atoms with Crippen molar-refractivity contribution in [2.75, 3.05) is 40.4 Å². The first-order valence-electron chi connectivity index (χ1n) is 7.07. The van der Waals surface area contributed by atoms with E-state index >= 15 is 0 Å². The first-order valence-corrected chi connectivity index (χ1v) is 7.07. The predicted octanol–water partition coefficient (Wildman–Crippen LogP) is 0.362. The van der Waals surface area contributed by atoms with Crippen LogP contribution in [0.25, 0.3) is 5.65 Å². The summed E-state index contributed by atoms with van der Waals surface area (Å²) in [6, 6.07) is 7.08. The van der Waals surface area contributed by atoms with Crippen molar-refractivity contribution in [2.45, 2.75) is 6.54 Å². The van der Waals surface area contributed by atoms with Crippen molar-refractivity contribution in [3.63, 3.8) is 0 Å². The van der Waals surface area contributed by atoms with Gasteiger partial charge in [0.15, 0.2) is 0 Å². The van der Waals surface area contributed by atoms with E-state index in [1.54, 1.807) is 12.3 Å². The average molecular weight is 290 g/mol. The number of pyridine rings is 1. The molecule has 2 aromatic heterocycles. The van der Waals surface area contributed by atoms with E-state index in [0.29, 0.717) is 18.8 Å². The molecular weight excluding hydrogens is 268 g/mol. The number of nitrogens with zero attached hydrogens (tertiary/aromatic N) is 3. The molecule has 0 atom stereocenters. The Bertz CT molecular complexity index is 624. The molecule has 0 spiro atoms. The van der Waals surface area contributed by atoms with Crippen LogP contribution < -0.4 is 10.9 Å². The fourth-order valence-corrected chi connectivity index (χ4v) is 1.90. The fraction of sp³-hybridized carbons (Fsp3) is 0.467. The van der Waals surface area contributed by atoms with E-state index in [9.17, 15) is 4.79 Å². The molecule has 0 saturated carbocycles. The summed E-state index contributed by atoms with van der Waals surface area (Å²) in [5.74, 6) is 0. The van der Waals surface area contributed by atoms with Crippen molar-refractivity contribution < 1.29 is 4.74 Å². The highest BCUT2D eigenvalue weighted by atomic mass is 16.5. The van der Waals surface area contributed by atoms with Crippen molar-refractivity contribution in [3.05, 3.63) is 46.5 Å². The molecule has 0 radical (unpaired) electrons. The molecule has 0 fully saturated rings. The van der Waals surface area contributed by atoms with Crippen LogP contribution in [0.2, 0.25) is 0 Å². The number of aromatic nitrogens is 2. The number of ether oxygens (including phenoxy) is 1. The van der Waals surface area contributed by atoms with Gasteiger partial charge in [0.2, 0.25) is 0 Å². The van der Waals surface area contributed by atoms with E-state index in [1.165, 1.54) is 4.40 Å². The molecule has 6 nitrogen and oxygen atoms in total. The first kappa shape index (κ1) is 15.6. The van der Waals surface area contributed by atoms with Gasteiger partial charge in [0.05, 0.1) is 18.9 Å². The van der Waals surface area contributed by atoms with E-state index in [4.69, 9.17) is 4.74 Å². The van der Waals surface area contributed by atoms with Crippen LogP contribution in [-0.2, 0) is 11.3 Å². The van der Waals surface area contributed by atoms with Crippen LogP contribution in [-0.4, -0.2) is 54.7 Å². The topological polar surface area (TPSA) is 58.9 Å². The molecule has 6 heteroatoms. The Morgan fingerprint density at radius 2 is 2.19 bits per heavy atom. The van der Waals surface area contributed by atoms with Crippen molar-refractivity contribution in [1.29, 1.82) is 0 Å². The lowest BCUT2D eigenvalue weighted by Gasteiger charge is -2.10. The van der Waals surface area contributed by atoms with E-state index in [1.807, 2.05) is 32.3 Å². The summed E-state index contributed by atoms with van der Waals surface area (Å²) in [4.78, 5) is 18.4. The van der Waals surface area contributed by atoms with Gasteiger partial charge in [-0.3, -0.25) is 9.20 Å². The van der Waals surface area contributed by atoms with E-state index in [2.05, 4.69) is 15.2 Å². The first-order chi connectivity index (χ1) is 10.2. The second-order valence-corrected chi connectivity index (χ2v) is 5.11. The highest BCUT2D eigenvalue weighted by Gasteiger charge is 2.01. The molecule has 0 amide bonds. The Morgan fingerprint density at radius 1 is 1.33 bits per heavy atom. The number of likely N-dealkylation sites (N-methyl/N-ethyl adjacent to an activating group) is 1. The fourth-order valence-electron chi connectivity index (χ4n) is 1.90. The van der Waals surface area contributed by atoms with Crippen LogP contribution in [0.3, 0.4) is 0 Å². The summed E-state index contributed by atoms with van der Waals surface area (Å²) in [5.41, 5.74) is 1.36. The zero-order chi connectivity index (χ0) is 15.1. The Labute approximate surface area is 124 Å². The molecule has 0 aliphatic carbocycles. The molecule has 2 aromatic rings. The number of rotatable bonds is 8. The van der Waals surface area contributed by atoms with Crippen molar-refractivity contribution >= 4 is 5.65 Å². The highest BCUT2D eigenvalue weighted by Crippen LogP contribution is 1.98. The Hall–Kier alpha value is -1.76. The van der Waals surface area contributed by atoms with Gasteiger partial charge in [0.1, 0.15) is 5.65 Å². The maximum atomic E-state index is 11.9. The minimum Gasteiger partial charge on any atom is -0.379 e. The second-order valence-electron chi connectivity index (χ2n) is 5.11. The normalized spacial score (nSPS) is 11.4. The lowest BCUT2D eigenvalue weighted by Crippen LogP contribution is -2.24. The molecule has 0 unspecified atom stereocenters. The van der Waals surface area contributed by atoms with Gasteiger partial charge in [-0.15, -0.1) is 0 Å². The monoisotopic (exact) mass is 290 g/mol. The summed E-state index contributed by atoms with van der Waals surface area (Å²) in [6.07, 6.45) is 1.72. The zero-order valence-electron chi connectivity index (χ0n) is 12.6. The minimum atomic E-state index is -0.0559. The summed E-state index contributed by atoms with van der Waals surface area (Å²) >= 11 is 0. The van der Waals surface area contributed by atoms with E-state index in [-0.39, 0.29) is 5.56 Å². The molecule has 0 bridgehead atoms. The third-order valence-electron chi connectivity index (χ3n) is 3.04. The molecule has 0 aliphatic rings. The smallest absolute Gasteiger partial charge is 0.258 e. The van der Waals surface area contributed by atoms with E-state index in [0.717, 1.165) is 25.4 Å². The number of hydrogen-bond donors (Lipinski definition) is 1. The van der Waals surface area contributed by atoms with Crippen molar-refractivity contribution in [3.8, 4) is 0 Å². The molecule has 0 aromatic carbocycles. The quantitative estimate of drug-likeness (QED) is 0.712. The number of hydrogen-bond acceptors (Lipinski definition) is 5. The predicted molar refractivity (Wildman–Crippen MR) is 82.5 cm³/mol. The minimum absolute atomic E-state index is 0.0559. The van der Waals surface area contributed by atoms with Crippen molar-refractivity contribution in [2.24, 2.45) is 0 Å². The molecule has 0 saturated heterocycles. The van der Waals surface area contributed by atoms with Gasteiger partial charge in [-0.25, -0.2) is 4.98 Å². The third-order valence-corrected chi connectivity index (χ3v) is 3.04. The molecule has 2 rings (SSSR count). The Balaban J connectivity index is 1.78. The second kappa shape index (κ2) is 7.87. The highest BCUT2D eigenvalue weighted by molar-refractivity contribution is 5.37. The lowest BCUT2D eigenvalue weighted by molar-refractivity contribution is 0.119. The Kier molecular flexibility index (Phi) is 5.86. The van der Waals surface area contributed by atoms with Gasteiger partial charge in [-0.1, -0.05) is 6.07 Å². The molecule has 2 heterocycles. The van der Waals surface area contributed by atoms with Crippen LogP contribution in [0, 0.1) is 0 Å². The number of fused-ring (bicyclic) bond motifs is 1. The van der Waals surface area contributed by atoms with Crippen LogP contribution in [0.4, 0.5) is 0 Å².